The van der Waals surface area contributed by atoms with Gasteiger partial charge in [-0.15, -0.1) is 0 Å². The molecule has 2 aromatic rings. The molecule has 2 aromatic heterocycles. The molecule has 0 radical (unpaired) electrons. The van der Waals surface area contributed by atoms with Gasteiger partial charge in [0.05, 0.1) is 29.7 Å². The zero-order valence-electron chi connectivity index (χ0n) is 18.1. The highest BCUT2D eigenvalue weighted by Gasteiger charge is 2.41. The van der Waals surface area contributed by atoms with E-state index in [0.29, 0.717) is 34.4 Å². The van der Waals surface area contributed by atoms with E-state index >= 15 is 0 Å². The first kappa shape index (κ1) is 22.1. The van der Waals surface area contributed by atoms with Gasteiger partial charge in [0.1, 0.15) is 11.3 Å². The number of likely N-dealkylation sites (N-methyl/N-ethyl adjacent to an activating group) is 2. The van der Waals surface area contributed by atoms with Crippen LogP contribution in [0.2, 0.25) is 5.02 Å². The predicted molar refractivity (Wildman–Crippen MR) is 117 cm³/mol. The minimum atomic E-state index is -1.10. The zero-order chi connectivity index (χ0) is 22.1. The van der Waals surface area contributed by atoms with E-state index in [-0.39, 0.29) is 0 Å². The van der Waals surface area contributed by atoms with Crippen molar-refractivity contribution in [3.63, 3.8) is 0 Å². The van der Waals surface area contributed by atoms with E-state index in [2.05, 4.69) is 24.9 Å². The van der Waals surface area contributed by atoms with Gasteiger partial charge in [-0.1, -0.05) is 11.6 Å². The first-order chi connectivity index (χ1) is 14.2. The van der Waals surface area contributed by atoms with Gasteiger partial charge >= 0.3 is 0 Å². The van der Waals surface area contributed by atoms with Crippen molar-refractivity contribution in [1.29, 1.82) is 0 Å². The molecule has 0 aromatic carbocycles. The van der Waals surface area contributed by atoms with Crippen molar-refractivity contribution < 1.29 is 4.74 Å². The molecule has 0 fully saturated rings. The molecule has 0 amide bonds. The molecule has 3 rings (SSSR count). The Bertz CT molecular complexity index is 983. The molecule has 2 heterocycles. The predicted octanol–water partition coefficient (Wildman–Crippen LogP) is 1.28. The number of aryl methyl sites for hydroxylation is 1. The Labute approximate surface area is 182 Å². The van der Waals surface area contributed by atoms with Crippen molar-refractivity contribution in [2.45, 2.75) is 12.0 Å². The van der Waals surface area contributed by atoms with Gasteiger partial charge < -0.3 is 26.0 Å². The minimum absolute atomic E-state index is 0.322. The van der Waals surface area contributed by atoms with Crippen molar-refractivity contribution in [2.24, 2.45) is 18.5 Å². The third-order valence-electron chi connectivity index (χ3n) is 5.14. The normalized spacial score (nSPS) is 19.3. The molecule has 30 heavy (non-hydrogen) atoms. The standard InChI is InChI=1S/C20H29ClN8O/c1-27(2)6-7-28(3)16-8-17(30-5)20(23,9-15(16)22)19-24-11-14(21)18(26-19)13-10-25-29(4)12-13/h8,10-12H,6-7,9,22-23H2,1-5H3. The molecular weight excluding hydrogens is 404 g/mol. The number of ether oxygens (including phenoxy) is 1. The molecule has 0 bridgehead atoms. The average Bonchev–Trinajstić information content (AvgIpc) is 3.12. The highest BCUT2D eigenvalue weighted by Crippen LogP contribution is 2.38. The van der Waals surface area contributed by atoms with E-state index < -0.39 is 5.54 Å². The fourth-order valence-corrected chi connectivity index (χ4v) is 3.61. The first-order valence-electron chi connectivity index (χ1n) is 9.57. The maximum atomic E-state index is 6.79. The van der Waals surface area contributed by atoms with Gasteiger partial charge in [0.2, 0.25) is 0 Å². The van der Waals surface area contributed by atoms with Gasteiger partial charge in [0, 0.05) is 63.3 Å². The van der Waals surface area contributed by atoms with E-state index in [1.807, 2.05) is 40.5 Å². The summed E-state index contributed by atoms with van der Waals surface area (Å²) in [6, 6.07) is 0. The zero-order valence-corrected chi connectivity index (χ0v) is 18.8. The number of methoxy groups -OCH3 is 1. The smallest absolute Gasteiger partial charge is 0.157 e. The molecule has 1 unspecified atom stereocenters. The summed E-state index contributed by atoms with van der Waals surface area (Å²) in [6.45, 7) is 1.71. The van der Waals surface area contributed by atoms with Crippen LogP contribution < -0.4 is 11.5 Å². The Morgan fingerprint density at radius 2 is 2.00 bits per heavy atom. The molecule has 1 atom stereocenters. The summed E-state index contributed by atoms with van der Waals surface area (Å²) in [4.78, 5) is 13.3. The van der Waals surface area contributed by atoms with Gasteiger partial charge in [-0.2, -0.15) is 5.10 Å². The van der Waals surface area contributed by atoms with Crippen molar-refractivity contribution in [3.05, 3.63) is 52.7 Å². The van der Waals surface area contributed by atoms with Crippen LogP contribution in [0.4, 0.5) is 0 Å². The van der Waals surface area contributed by atoms with Crippen LogP contribution >= 0.6 is 11.6 Å². The fourth-order valence-electron chi connectivity index (χ4n) is 3.41. The van der Waals surface area contributed by atoms with Gasteiger partial charge in [0.15, 0.2) is 5.82 Å². The fraction of sp³-hybridized carbons (Fsp3) is 0.450. The van der Waals surface area contributed by atoms with Gasteiger partial charge in [0.25, 0.3) is 0 Å². The summed E-state index contributed by atoms with van der Waals surface area (Å²) in [5, 5.41) is 4.61. The maximum absolute atomic E-state index is 6.79. The van der Waals surface area contributed by atoms with Gasteiger partial charge in [-0.05, 0) is 14.1 Å². The molecule has 0 saturated carbocycles. The lowest BCUT2D eigenvalue weighted by Crippen LogP contribution is -2.45. The number of nitrogens with two attached hydrogens (primary N) is 2. The average molecular weight is 433 g/mol. The third-order valence-corrected chi connectivity index (χ3v) is 5.42. The Balaban J connectivity index is 1.98. The lowest BCUT2D eigenvalue weighted by molar-refractivity contribution is 0.205. The van der Waals surface area contributed by atoms with Crippen LogP contribution in [0.25, 0.3) is 11.3 Å². The number of aromatic nitrogens is 4. The Morgan fingerprint density at radius 3 is 2.60 bits per heavy atom. The molecule has 1 aliphatic carbocycles. The summed E-state index contributed by atoms with van der Waals surface area (Å²) in [5.41, 5.74) is 15.0. The molecule has 0 saturated heterocycles. The molecule has 162 valence electrons. The highest BCUT2D eigenvalue weighted by atomic mass is 35.5. The van der Waals surface area contributed by atoms with Crippen LogP contribution in [0.1, 0.15) is 12.2 Å². The van der Waals surface area contributed by atoms with E-state index in [4.69, 9.17) is 27.8 Å². The Hall–Kier alpha value is -2.62. The summed E-state index contributed by atoms with van der Waals surface area (Å²) < 4.78 is 7.36. The number of hydrogen-bond donors (Lipinski definition) is 2. The maximum Gasteiger partial charge on any atom is 0.157 e. The molecule has 0 spiro atoms. The van der Waals surface area contributed by atoms with E-state index in [1.165, 1.54) is 0 Å². The third kappa shape index (κ3) is 4.28. The van der Waals surface area contributed by atoms with E-state index in [1.54, 1.807) is 24.2 Å². The number of allylic oxidation sites excluding steroid dienone is 1. The number of halogens is 1. The Kier molecular flexibility index (Phi) is 6.35. The first-order valence-corrected chi connectivity index (χ1v) is 9.95. The van der Waals surface area contributed by atoms with Crippen molar-refractivity contribution in [1.82, 2.24) is 29.5 Å². The number of hydrogen-bond acceptors (Lipinski definition) is 8. The number of rotatable bonds is 7. The van der Waals surface area contributed by atoms with Crippen LogP contribution in [-0.2, 0) is 17.3 Å². The second kappa shape index (κ2) is 8.63. The van der Waals surface area contributed by atoms with Crippen molar-refractivity contribution in [2.75, 3.05) is 41.3 Å². The van der Waals surface area contributed by atoms with Crippen molar-refractivity contribution >= 4 is 11.6 Å². The second-order valence-corrected chi connectivity index (χ2v) is 8.20. The summed E-state index contributed by atoms with van der Waals surface area (Å²) in [5.74, 6) is 0.930. The second-order valence-electron chi connectivity index (χ2n) is 7.79. The molecule has 1 aliphatic rings. The summed E-state index contributed by atoms with van der Waals surface area (Å²) in [7, 11) is 9.48. The topological polar surface area (TPSA) is 111 Å². The van der Waals surface area contributed by atoms with Gasteiger partial charge in [-0.25, -0.2) is 9.97 Å². The molecule has 9 nitrogen and oxygen atoms in total. The SMILES string of the molecule is COC1=CC(N(C)CCN(C)C)=C(N)CC1(N)c1ncc(Cl)c(-c2cnn(C)c2)n1. The molecule has 4 N–H and O–H groups in total. The van der Waals surface area contributed by atoms with Gasteiger partial charge in [-0.3, -0.25) is 4.68 Å². The molecule has 0 aliphatic heterocycles. The minimum Gasteiger partial charge on any atom is -0.499 e. The van der Waals surface area contributed by atoms with E-state index in [0.717, 1.165) is 24.4 Å². The lowest BCUT2D eigenvalue weighted by atomic mass is 9.85. The van der Waals surface area contributed by atoms with Crippen LogP contribution in [0, 0.1) is 0 Å². The van der Waals surface area contributed by atoms with Crippen molar-refractivity contribution in [3.8, 4) is 11.3 Å². The van der Waals surface area contributed by atoms with Crippen LogP contribution in [-0.4, -0.2) is 70.9 Å². The largest absolute Gasteiger partial charge is 0.499 e. The highest BCUT2D eigenvalue weighted by molar-refractivity contribution is 6.32. The quantitative estimate of drug-likeness (QED) is 0.673. The summed E-state index contributed by atoms with van der Waals surface area (Å²) in [6.07, 6.45) is 7.27. The summed E-state index contributed by atoms with van der Waals surface area (Å²) >= 11 is 6.35. The van der Waals surface area contributed by atoms with Crippen LogP contribution in [0.3, 0.4) is 0 Å². The van der Waals surface area contributed by atoms with Crippen LogP contribution in [0.5, 0.6) is 0 Å². The van der Waals surface area contributed by atoms with E-state index in [9.17, 15) is 0 Å². The lowest BCUT2D eigenvalue weighted by Gasteiger charge is -2.36. The molecular formula is C20H29ClN8O. The molecule has 10 heteroatoms. The number of nitrogens with zero attached hydrogens (tertiary/aromatic N) is 6. The Morgan fingerprint density at radius 1 is 1.27 bits per heavy atom. The van der Waals surface area contributed by atoms with Crippen LogP contribution in [0.15, 0.2) is 41.8 Å². The monoisotopic (exact) mass is 432 g/mol.